The fraction of sp³-hybridized carbons (Fsp3) is 0. The topological polar surface area (TPSA) is 98.9 Å². The molecule has 0 aliphatic rings. The Balaban J connectivity index is 2.24. The molecule has 0 radical (unpaired) electrons. The van der Waals surface area contributed by atoms with E-state index in [1.54, 1.807) is 12.1 Å². The Hall–Kier alpha value is -2.94. The summed E-state index contributed by atoms with van der Waals surface area (Å²) in [6.07, 6.45) is 2.89. The molecule has 2 aromatic rings. The van der Waals surface area contributed by atoms with Crippen molar-refractivity contribution in [2.75, 3.05) is 5.32 Å². The molecule has 0 bridgehead atoms. The van der Waals surface area contributed by atoms with Crippen LogP contribution in [-0.4, -0.2) is 21.0 Å². The number of nitrogens with one attached hydrogen (secondary N) is 1. The van der Waals surface area contributed by atoms with Crippen LogP contribution >= 0.6 is 0 Å². The molecule has 0 saturated heterocycles. The number of anilines is 2. The van der Waals surface area contributed by atoms with Gasteiger partial charge in [-0.2, -0.15) is 5.26 Å². The summed E-state index contributed by atoms with van der Waals surface area (Å²) in [5.74, 6) is -0.651. The van der Waals surface area contributed by atoms with E-state index in [1.165, 1.54) is 24.5 Å². The molecule has 0 aliphatic carbocycles. The highest BCUT2D eigenvalue weighted by Gasteiger charge is 2.05. The number of carbonyl (C=O) groups is 1. The molecule has 0 unspecified atom stereocenters. The minimum absolute atomic E-state index is 0.180. The summed E-state index contributed by atoms with van der Waals surface area (Å²) in [5.41, 5.74) is 1.01. The molecule has 2 rings (SSSR count). The van der Waals surface area contributed by atoms with Crippen LogP contribution in [0.25, 0.3) is 0 Å². The van der Waals surface area contributed by atoms with Gasteiger partial charge in [0.05, 0.1) is 5.56 Å². The number of rotatable bonds is 3. The highest BCUT2D eigenvalue weighted by Crippen LogP contribution is 2.16. The minimum Gasteiger partial charge on any atom is -0.478 e. The Morgan fingerprint density at radius 3 is 2.50 bits per heavy atom. The van der Waals surface area contributed by atoms with Gasteiger partial charge in [-0.25, -0.2) is 14.8 Å². The summed E-state index contributed by atoms with van der Waals surface area (Å²) in [5, 5.41) is 20.5. The van der Waals surface area contributed by atoms with Crippen LogP contribution in [0.15, 0.2) is 36.7 Å². The van der Waals surface area contributed by atoms with Gasteiger partial charge in [0, 0.05) is 18.1 Å². The third kappa shape index (κ3) is 2.41. The van der Waals surface area contributed by atoms with Crippen LogP contribution in [0.3, 0.4) is 0 Å². The van der Waals surface area contributed by atoms with Gasteiger partial charge >= 0.3 is 5.97 Å². The van der Waals surface area contributed by atoms with E-state index in [0.29, 0.717) is 11.5 Å². The maximum Gasteiger partial charge on any atom is 0.335 e. The van der Waals surface area contributed by atoms with Gasteiger partial charge in [0.25, 0.3) is 0 Å². The van der Waals surface area contributed by atoms with Gasteiger partial charge in [-0.05, 0) is 24.3 Å². The van der Waals surface area contributed by atoms with Crippen molar-refractivity contribution in [3.05, 3.63) is 47.9 Å². The third-order valence-corrected chi connectivity index (χ3v) is 2.20. The van der Waals surface area contributed by atoms with Crippen LogP contribution in [0.4, 0.5) is 11.5 Å². The fourth-order valence-corrected chi connectivity index (χ4v) is 1.34. The number of carboxylic acids is 1. The SMILES string of the molecule is N#Cc1nccnc1Nc1ccc(C(=O)O)cc1. The van der Waals surface area contributed by atoms with E-state index >= 15 is 0 Å². The molecule has 0 spiro atoms. The lowest BCUT2D eigenvalue weighted by molar-refractivity contribution is 0.0697. The molecule has 1 heterocycles. The van der Waals surface area contributed by atoms with Crippen LogP contribution in [0.2, 0.25) is 0 Å². The van der Waals surface area contributed by atoms with Gasteiger partial charge in [-0.15, -0.1) is 0 Å². The summed E-state index contributed by atoms with van der Waals surface area (Å²) in [4.78, 5) is 18.5. The molecule has 1 aromatic heterocycles. The molecule has 88 valence electrons. The normalized spacial score (nSPS) is 9.50. The second kappa shape index (κ2) is 4.93. The quantitative estimate of drug-likeness (QED) is 0.848. The predicted octanol–water partition coefficient (Wildman–Crippen LogP) is 1.79. The second-order valence-corrected chi connectivity index (χ2v) is 3.37. The maximum absolute atomic E-state index is 10.7. The van der Waals surface area contributed by atoms with Crippen molar-refractivity contribution in [3.8, 4) is 6.07 Å². The maximum atomic E-state index is 10.7. The number of nitrogens with zero attached hydrogens (tertiary/aromatic N) is 3. The number of aromatic carboxylic acids is 1. The molecule has 0 atom stereocenters. The van der Waals surface area contributed by atoms with Crippen LogP contribution in [0, 0.1) is 11.3 Å². The van der Waals surface area contributed by atoms with Gasteiger partial charge in [-0.1, -0.05) is 0 Å². The van der Waals surface area contributed by atoms with E-state index in [0.717, 1.165) is 0 Å². The standard InChI is InChI=1S/C12H8N4O2/c13-7-10-11(15-6-5-14-10)16-9-3-1-8(2-4-9)12(17)18/h1-6H,(H,15,16)(H,17,18). The number of hydrogen-bond donors (Lipinski definition) is 2. The Labute approximate surface area is 103 Å². The Bertz CT molecular complexity index is 617. The van der Waals surface area contributed by atoms with E-state index in [9.17, 15) is 4.79 Å². The summed E-state index contributed by atoms with van der Waals surface area (Å²) in [7, 11) is 0. The molecule has 0 amide bonds. The van der Waals surface area contributed by atoms with Gasteiger partial charge in [0.2, 0.25) is 0 Å². The first kappa shape index (κ1) is 11.5. The summed E-state index contributed by atoms with van der Waals surface area (Å²) >= 11 is 0. The Morgan fingerprint density at radius 2 is 1.89 bits per heavy atom. The van der Waals surface area contributed by atoms with E-state index in [2.05, 4.69) is 15.3 Å². The molecule has 6 heteroatoms. The first-order chi connectivity index (χ1) is 8.70. The monoisotopic (exact) mass is 240 g/mol. The largest absolute Gasteiger partial charge is 0.478 e. The van der Waals surface area contributed by atoms with E-state index < -0.39 is 5.97 Å². The van der Waals surface area contributed by atoms with E-state index in [4.69, 9.17) is 10.4 Å². The second-order valence-electron chi connectivity index (χ2n) is 3.37. The Kier molecular flexibility index (Phi) is 3.16. The molecule has 1 aromatic carbocycles. The van der Waals surface area contributed by atoms with Crippen LogP contribution in [-0.2, 0) is 0 Å². The number of benzene rings is 1. The first-order valence-corrected chi connectivity index (χ1v) is 5.02. The molecule has 18 heavy (non-hydrogen) atoms. The molecule has 2 N–H and O–H groups in total. The van der Waals surface area contributed by atoms with E-state index in [1.807, 2.05) is 6.07 Å². The van der Waals surface area contributed by atoms with Gasteiger partial charge in [-0.3, -0.25) is 0 Å². The molecular weight excluding hydrogens is 232 g/mol. The average molecular weight is 240 g/mol. The summed E-state index contributed by atoms with van der Waals surface area (Å²) < 4.78 is 0. The zero-order valence-electron chi connectivity index (χ0n) is 9.16. The molecule has 0 fully saturated rings. The van der Waals surface area contributed by atoms with Crippen LogP contribution < -0.4 is 5.32 Å². The lowest BCUT2D eigenvalue weighted by Crippen LogP contribution is -2.00. The molecule has 6 nitrogen and oxygen atoms in total. The Morgan fingerprint density at radius 1 is 1.22 bits per heavy atom. The molecule has 0 aliphatic heterocycles. The van der Waals surface area contributed by atoms with Gasteiger partial charge < -0.3 is 10.4 Å². The van der Waals surface area contributed by atoms with Crippen molar-refractivity contribution in [2.24, 2.45) is 0 Å². The van der Waals surface area contributed by atoms with Crippen molar-refractivity contribution < 1.29 is 9.90 Å². The highest BCUT2D eigenvalue weighted by molar-refractivity contribution is 5.88. The van der Waals surface area contributed by atoms with Crippen LogP contribution in [0.5, 0.6) is 0 Å². The minimum atomic E-state index is -0.987. The molecule has 0 saturated carbocycles. The van der Waals surface area contributed by atoms with Crippen molar-refractivity contribution in [2.45, 2.75) is 0 Å². The zero-order chi connectivity index (χ0) is 13.0. The smallest absolute Gasteiger partial charge is 0.335 e. The van der Waals surface area contributed by atoms with Crippen molar-refractivity contribution >= 4 is 17.5 Å². The molecular formula is C12H8N4O2. The van der Waals surface area contributed by atoms with Crippen LogP contribution in [0.1, 0.15) is 16.1 Å². The first-order valence-electron chi connectivity index (χ1n) is 5.02. The highest BCUT2D eigenvalue weighted by atomic mass is 16.4. The fourth-order valence-electron chi connectivity index (χ4n) is 1.34. The number of aromatic nitrogens is 2. The number of hydrogen-bond acceptors (Lipinski definition) is 5. The van der Waals surface area contributed by atoms with Gasteiger partial charge in [0.15, 0.2) is 11.5 Å². The lowest BCUT2D eigenvalue weighted by Gasteiger charge is -2.06. The predicted molar refractivity (Wildman–Crippen MR) is 63.4 cm³/mol. The van der Waals surface area contributed by atoms with E-state index in [-0.39, 0.29) is 11.3 Å². The number of nitriles is 1. The zero-order valence-corrected chi connectivity index (χ0v) is 9.16. The van der Waals surface area contributed by atoms with Crippen molar-refractivity contribution in [3.63, 3.8) is 0 Å². The lowest BCUT2D eigenvalue weighted by atomic mass is 10.2. The third-order valence-electron chi connectivity index (χ3n) is 2.20. The van der Waals surface area contributed by atoms with Gasteiger partial charge in [0.1, 0.15) is 6.07 Å². The van der Waals surface area contributed by atoms with Crippen molar-refractivity contribution in [1.82, 2.24) is 9.97 Å². The average Bonchev–Trinajstić information content (AvgIpc) is 2.40. The summed E-state index contributed by atoms with van der Waals surface area (Å²) in [6, 6.07) is 8.04. The van der Waals surface area contributed by atoms with Crippen molar-refractivity contribution in [1.29, 1.82) is 5.26 Å². The summed E-state index contributed by atoms with van der Waals surface area (Å²) in [6.45, 7) is 0. The number of carboxylic acid groups (broad SMARTS) is 1.